The van der Waals surface area contributed by atoms with Gasteiger partial charge in [-0.2, -0.15) is 0 Å². The smallest absolute Gasteiger partial charge is 0.175 e. The molecule has 0 fully saturated rings. The van der Waals surface area contributed by atoms with Gasteiger partial charge in [-0.3, -0.25) is 0 Å². The molecule has 0 radical (unpaired) electrons. The van der Waals surface area contributed by atoms with Crippen LogP contribution >= 0.6 is 15.9 Å². The Bertz CT molecular complexity index is 661. The van der Waals surface area contributed by atoms with E-state index >= 15 is 0 Å². The monoisotopic (exact) mass is 391 g/mol. The molecule has 0 spiro atoms. The zero-order valence-corrected chi connectivity index (χ0v) is 15.3. The van der Waals surface area contributed by atoms with Crippen LogP contribution in [0.25, 0.3) is 0 Å². The molecule has 128 valence electrons. The molecule has 0 aromatic heterocycles. The van der Waals surface area contributed by atoms with Crippen molar-refractivity contribution >= 4 is 15.9 Å². The first-order valence-corrected chi connectivity index (χ1v) is 8.48. The second kappa shape index (κ2) is 9.47. The van der Waals surface area contributed by atoms with Crippen LogP contribution in [-0.2, 0) is 6.54 Å². The number of aliphatic hydroxyl groups excluding tert-OH is 1. The first-order valence-electron chi connectivity index (χ1n) is 7.69. The number of hydrogen-bond donors (Lipinski definition) is 2. The zero-order chi connectivity index (χ0) is 17.4. The third-order valence-electron chi connectivity index (χ3n) is 3.49. The van der Waals surface area contributed by atoms with Crippen molar-refractivity contribution in [2.45, 2.75) is 12.6 Å². The second-order valence-corrected chi connectivity index (χ2v) is 6.12. The fourth-order valence-electron chi connectivity index (χ4n) is 2.30. The third-order valence-corrected chi connectivity index (χ3v) is 4.07. The van der Waals surface area contributed by atoms with Crippen LogP contribution in [0.2, 0.25) is 0 Å². The van der Waals surface area contributed by atoms with Crippen molar-refractivity contribution in [3.63, 3.8) is 0 Å². The molecule has 2 N–H and O–H groups in total. The van der Waals surface area contributed by atoms with Crippen molar-refractivity contribution in [1.82, 2.24) is 5.32 Å². The van der Waals surface area contributed by atoms with Crippen LogP contribution in [0.15, 0.2) is 59.6 Å². The van der Waals surface area contributed by atoms with Gasteiger partial charge in [-0.15, -0.1) is 0 Å². The highest BCUT2D eigenvalue weighted by Gasteiger charge is 2.12. The van der Waals surface area contributed by atoms with Crippen LogP contribution in [0.4, 0.5) is 0 Å². The molecule has 0 unspecified atom stereocenters. The second-order valence-electron chi connectivity index (χ2n) is 5.27. The lowest BCUT2D eigenvalue weighted by molar-refractivity contribution is 0.174. The number of ether oxygens (including phenoxy) is 2. The molecule has 2 aromatic carbocycles. The van der Waals surface area contributed by atoms with Gasteiger partial charge in [0.1, 0.15) is 6.61 Å². The highest BCUT2D eigenvalue weighted by atomic mass is 79.9. The number of rotatable bonds is 9. The summed E-state index contributed by atoms with van der Waals surface area (Å²) in [7, 11) is 1.61. The minimum Gasteiger partial charge on any atom is -0.493 e. The largest absolute Gasteiger partial charge is 0.493 e. The van der Waals surface area contributed by atoms with Crippen molar-refractivity contribution < 1.29 is 14.6 Å². The van der Waals surface area contributed by atoms with Gasteiger partial charge < -0.3 is 19.9 Å². The van der Waals surface area contributed by atoms with E-state index in [2.05, 4.69) is 27.8 Å². The van der Waals surface area contributed by atoms with Crippen molar-refractivity contribution in [2.75, 3.05) is 20.3 Å². The summed E-state index contributed by atoms with van der Waals surface area (Å²) in [6.45, 7) is 5.14. The number of methoxy groups -OCH3 is 1. The first kappa shape index (κ1) is 18.5. The fraction of sp³-hybridized carbons (Fsp3) is 0.263. The highest BCUT2D eigenvalue weighted by molar-refractivity contribution is 9.10. The summed E-state index contributed by atoms with van der Waals surface area (Å²) < 4.78 is 11.8. The Kier molecular flexibility index (Phi) is 7.31. The van der Waals surface area contributed by atoms with Gasteiger partial charge >= 0.3 is 0 Å². The zero-order valence-electron chi connectivity index (χ0n) is 13.7. The van der Waals surface area contributed by atoms with Crippen LogP contribution in [0.1, 0.15) is 17.2 Å². The molecule has 2 aromatic rings. The molecule has 0 aliphatic carbocycles. The molecule has 0 aliphatic heterocycles. The van der Waals surface area contributed by atoms with Crippen molar-refractivity contribution in [2.24, 2.45) is 0 Å². The van der Waals surface area contributed by atoms with Crippen LogP contribution < -0.4 is 14.8 Å². The van der Waals surface area contributed by atoms with Gasteiger partial charge in [0.25, 0.3) is 0 Å². The quantitative estimate of drug-likeness (QED) is 0.637. The van der Waals surface area contributed by atoms with Crippen LogP contribution in [0.3, 0.4) is 0 Å². The minimum absolute atomic E-state index is 0.413. The van der Waals surface area contributed by atoms with Crippen molar-refractivity contribution in [3.05, 3.63) is 70.7 Å². The first-order chi connectivity index (χ1) is 11.7. The molecule has 0 saturated heterocycles. The number of hydrogen-bond acceptors (Lipinski definition) is 4. The number of halogens is 1. The summed E-state index contributed by atoms with van der Waals surface area (Å²) in [4.78, 5) is 0. The molecule has 1 atom stereocenters. The maximum absolute atomic E-state index is 10.2. The number of nitrogens with one attached hydrogen (secondary N) is 1. The lowest BCUT2D eigenvalue weighted by Gasteiger charge is -2.15. The molecule has 0 amide bonds. The van der Waals surface area contributed by atoms with E-state index < -0.39 is 6.10 Å². The van der Waals surface area contributed by atoms with Crippen molar-refractivity contribution in [3.8, 4) is 11.5 Å². The predicted molar refractivity (Wildman–Crippen MR) is 99.5 cm³/mol. The van der Waals surface area contributed by atoms with Gasteiger partial charge in [-0.05, 0) is 39.2 Å². The maximum atomic E-state index is 10.2. The Morgan fingerprint density at radius 3 is 2.71 bits per heavy atom. The van der Waals surface area contributed by atoms with E-state index in [1.807, 2.05) is 42.5 Å². The van der Waals surface area contributed by atoms with Gasteiger partial charge in [0.05, 0.1) is 17.7 Å². The third kappa shape index (κ3) is 5.09. The number of aliphatic hydroxyl groups is 1. The molecule has 0 bridgehead atoms. The Labute approximate surface area is 151 Å². The van der Waals surface area contributed by atoms with E-state index in [1.165, 1.54) is 0 Å². The summed E-state index contributed by atoms with van der Waals surface area (Å²) in [5.41, 5.74) is 1.93. The topological polar surface area (TPSA) is 50.7 Å². The van der Waals surface area contributed by atoms with Crippen molar-refractivity contribution in [1.29, 1.82) is 0 Å². The summed E-state index contributed by atoms with van der Waals surface area (Å²) in [5, 5.41) is 13.4. The van der Waals surface area contributed by atoms with E-state index in [0.717, 1.165) is 15.6 Å². The van der Waals surface area contributed by atoms with Gasteiger partial charge in [-0.1, -0.05) is 43.0 Å². The summed E-state index contributed by atoms with van der Waals surface area (Å²) in [5.74, 6) is 1.32. The summed E-state index contributed by atoms with van der Waals surface area (Å²) in [6, 6.07) is 13.5. The maximum Gasteiger partial charge on any atom is 0.175 e. The molecule has 0 saturated carbocycles. The summed E-state index contributed by atoms with van der Waals surface area (Å²) >= 11 is 3.51. The standard InChI is InChI=1S/C19H22BrNO3/c1-3-9-24-19-16(20)10-14(11-18(19)23-2)12-21-13-17(22)15-7-5-4-6-8-15/h3-8,10-11,17,21-22H,1,9,12-13H2,2H3/t17-/m1/s1. The SMILES string of the molecule is C=CCOc1c(Br)cc(CNC[C@@H](O)c2ccccc2)cc1OC. The van der Waals surface area contributed by atoms with Gasteiger partial charge in [0.15, 0.2) is 11.5 Å². The lowest BCUT2D eigenvalue weighted by Crippen LogP contribution is -2.21. The summed E-state index contributed by atoms with van der Waals surface area (Å²) in [6.07, 6.45) is 1.15. The molecular weight excluding hydrogens is 370 g/mol. The van der Waals surface area contributed by atoms with Crippen LogP contribution in [0, 0.1) is 0 Å². The van der Waals surface area contributed by atoms with E-state index in [-0.39, 0.29) is 0 Å². The van der Waals surface area contributed by atoms with Gasteiger partial charge in [-0.25, -0.2) is 0 Å². The van der Waals surface area contributed by atoms with E-state index in [1.54, 1.807) is 13.2 Å². The van der Waals surface area contributed by atoms with E-state index in [0.29, 0.717) is 31.2 Å². The molecule has 5 heteroatoms. The van der Waals surface area contributed by atoms with Crippen LogP contribution in [0.5, 0.6) is 11.5 Å². The average Bonchev–Trinajstić information content (AvgIpc) is 2.61. The Balaban J connectivity index is 1.97. The molecule has 4 nitrogen and oxygen atoms in total. The molecule has 0 aliphatic rings. The van der Waals surface area contributed by atoms with E-state index in [9.17, 15) is 5.11 Å². The molecule has 24 heavy (non-hydrogen) atoms. The fourth-order valence-corrected chi connectivity index (χ4v) is 2.91. The number of benzene rings is 2. The highest BCUT2D eigenvalue weighted by Crippen LogP contribution is 2.36. The average molecular weight is 392 g/mol. The Morgan fingerprint density at radius 2 is 2.04 bits per heavy atom. The molecule has 0 heterocycles. The van der Waals surface area contributed by atoms with Gasteiger partial charge in [0, 0.05) is 13.1 Å². The normalized spacial score (nSPS) is 11.8. The Hall–Kier alpha value is -1.82. The Morgan fingerprint density at radius 1 is 1.29 bits per heavy atom. The molecule has 2 rings (SSSR count). The van der Waals surface area contributed by atoms with Gasteiger partial charge in [0.2, 0.25) is 0 Å². The van der Waals surface area contributed by atoms with E-state index in [4.69, 9.17) is 9.47 Å². The van der Waals surface area contributed by atoms with Crippen LogP contribution in [-0.4, -0.2) is 25.4 Å². The lowest BCUT2D eigenvalue weighted by atomic mass is 10.1. The minimum atomic E-state index is -0.535. The predicted octanol–water partition coefficient (Wildman–Crippen LogP) is 3.85. The molecular formula is C19H22BrNO3.